The molecule has 1 amide bonds. The normalized spacial score (nSPS) is 13.3. The highest BCUT2D eigenvalue weighted by Gasteiger charge is 2.27. The van der Waals surface area contributed by atoms with Crippen molar-refractivity contribution < 1.29 is 28.2 Å². The van der Waals surface area contributed by atoms with Crippen LogP contribution in [0.15, 0.2) is 18.2 Å². The van der Waals surface area contributed by atoms with Crippen LogP contribution in [0.25, 0.3) is 10.1 Å². The van der Waals surface area contributed by atoms with E-state index in [2.05, 4.69) is 5.32 Å². The second-order valence-corrected chi connectivity index (χ2v) is 9.81. The highest BCUT2D eigenvalue weighted by Crippen LogP contribution is 2.38. The summed E-state index contributed by atoms with van der Waals surface area (Å²) in [7, 11) is 1.30. The van der Waals surface area contributed by atoms with Gasteiger partial charge in [-0.3, -0.25) is 4.79 Å². The standard InChI is InChI=1S/C22H19ClFNO5S2/c1-29-21(27)17-12-5-3-2-4-6-14(12)32-20(17)25-16(26)10-30-22(28)19-18(23)13-8-7-11(24)9-15(13)31-19/h7-9H,2-6,10H2,1H3,(H,25,26). The van der Waals surface area contributed by atoms with E-state index in [9.17, 15) is 18.8 Å². The molecule has 0 bridgehead atoms. The van der Waals surface area contributed by atoms with Gasteiger partial charge in [0, 0.05) is 15.0 Å². The second kappa shape index (κ2) is 9.56. The number of halogens is 2. The minimum atomic E-state index is -0.776. The predicted octanol–water partition coefficient (Wildman–Crippen LogP) is 5.61. The fraction of sp³-hybridized carbons (Fsp3) is 0.318. The number of benzene rings is 1. The van der Waals surface area contributed by atoms with E-state index in [1.807, 2.05) is 0 Å². The topological polar surface area (TPSA) is 81.7 Å². The number of carbonyl (C=O) groups excluding carboxylic acids is 3. The van der Waals surface area contributed by atoms with Gasteiger partial charge in [0.2, 0.25) is 0 Å². The zero-order chi connectivity index (χ0) is 22.8. The van der Waals surface area contributed by atoms with E-state index in [1.54, 1.807) is 0 Å². The van der Waals surface area contributed by atoms with Gasteiger partial charge >= 0.3 is 11.9 Å². The van der Waals surface area contributed by atoms with Crippen molar-refractivity contribution in [3.8, 4) is 0 Å². The Labute approximate surface area is 196 Å². The molecule has 1 aromatic carbocycles. The molecule has 1 aliphatic carbocycles. The maximum absolute atomic E-state index is 13.4. The molecule has 6 nitrogen and oxygen atoms in total. The Hall–Kier alpha value is -2.49. The minimum absolute atomic E-state index is 0.0955. The average Bonchev–Trinajstić information content (AvgIpc) is 3.18. The third-order valence-electron chi connectivity index (χ3n) is 5.18. The van der Waals surface area contributed by atoms with E-state index in [1.165, 1.54) is 36.6 Å². The number of esters is 2. The number of anilines is 1. The summed E-state index contributed by atoms with van der Waals surface area (Å²) in [6.45, 7) is -0.555. The van der Waals surface area contributed by atoms with Crippen LogP contribution in [0.3, 0.4) is 0 Å². The number of thiophene rings is 2. The van der Waals surface area contributed by atoms with Crippen molar-refractivity contribution in [3.05, 3.63) is 49.9 Å². The molecular weight excluding hydrogens is 477 g/mol. The monoisotopic (exact) mass is 495 g/mol. The maximum atomic E-state index is 13.4. The van der Waals surface area contributed by atoms with Gasteiger partial charge in [0.15, 0.2) is 6.61 Å². The second-order valence-electron chi connectivity index (χ2n) is 7.27. The first kappa shape index (κ1) is 22.7. The molecule has 10 heteroatoms. The van der Waals surface area contributed by atoms with Gasteiger partial charge in [0.25, 0.3) is 5.91 Å². The van der Waals surface area contributed by atoms with E-state index in [-0.39, 0.29) is 9.90 Å². The van der Waals surface area contributed by atoms with Crippen molar-refractivity contribution in [2.75, 3.05) is 19.0 Å². The van der Waals surface area contributed by atoms with Gasteiger partial charge in [-0.25, -0.2) is 14.0 Å². The first-order valence-electron chi connectivity index (χ1n) is 9.96. The van der Waals surface area contributed by atoms with Crippen LogP contribution >= 0.6 is 34.3 Å². The Morgan fingerprint density at radius 3 is 2.69 bits per heavy atom. The third-order valence-corrected chi connectivity index (χ3v) is 8.02. The number of nitrogens with one attached hydrogen (secondary N) is 1. The van der Waals surface area contributed by atoms with Gasteiger partial charge in [0.1, 0.15) is 15.7 Å². The van der Waals surface area contributed by atoms with Gasteiger partial charge in [-0.15, -0.1) is 22.7 Å². The molecule has 0 saturated heterocycles. The lowest BCUT2D eigenvalue weighted by Crippen LogP contribution is -2.21. The van der Waals surface area contributed by atoms with Crippen LogP contribution in [-0.4, -0.2) is 31.6 Å². The number of aryl methyl sites for hydroxylation is 1. The van der Waals surface area contributed by atoms with Gasteiger partial charge in [-0.05, 0) is 49.4 Å². The molecule has 2 heterocycles. The molecule has 1 aliphatic rings. The number of carbonyl (C=O) groups is 3. The fourth-order valence-corrected chi connectivity index (χ4v) is 6.40. The average molecular weight is 496 g/mol. The summed E-state index contributed by atoms with van der Waals surface area (Å²) in [6.07, 6.45) is 4.69. The summed E-state index contributed by atoms with van der Waals surface area (Å²) in [5, 5.41) is 3.78. The zero-order valence-corrected chi connectivity index (χ0v) is 19.5. The van der Waals surface area contributed by atoms with Crippen LogP contribution in [-0.2, 0) is 27.1 Å². The Balaban J connectivity index is 1.47. The summed E-state index contributed by atoms with van der Waals surface area (Å²) in [5.74, 6) is -2.29. The summed E-state index contributed by atoms with van der Waals surface area (Å²) in [5.41, 5.74) is 1.31. The maximum Gasteiger partial charge on any atom is 0.350 e. The fourth-order valence-electron chi connectivity index (χ4n) is 3.68. The first-order chi connectivity index (χ1) is 15.4. The van der Waals surface area contributed by atoms with Gasteiger partial charge in [-0.2, -0.15) is 0 Å². The number of ether oxygens (including phenoxy) is 2. The van der Waals surface area contributed by atoms with E-state index >= 15 is 0 Å². The van der Waals surface area contributed by atoms with Crippen molar-refractivity contribution in [2.24, 2.45) is 0 Å². The molecule has 0 atom stereocenters. The molecule has 168 valence electrons. The van der Waals surface area contributed by atoms with Crippen LogP contribution in [0.4, 0.5) is 9.39 Å². The molecule has 1 N–H and O–H groups in total. The number of hydrogen-bond acceptors (Lipinski definition) is 7. The van der Waals surface area contributed by atoms with E-state index in [4.69, 9.17) is 21.1 Å². The van der Waals surface area contributed by atoms with Crippen LogP contribution in [0.2, 0.25) is 5.02 Å². The summed E-state index contributed by atoms with van der Waals surface area (Å²) >= 11 is 8.58. The zero-order valence-electron chi connectivity index (χ0n) is 17.1. The van der Waals surface area contributed by atoms with Crippen molar-refractivity contribution >= 4 is 67.2 Å². The van der Waals surface area contributed by atoms with Crippen molar-refractivity contribution in [1.29, 1.82) is 0 Å². The molecule has 0 aliphatic heterocycles. The first-order valence-corrected chi connectivity index (χ1v) is 12.0. The summed E-state index contributed by atoms with van der Waals surface area (Å²) in [6, 6.07) is 4.03. The van der Waals surface area contributed by atoms with E-state index in [0.29, 0.717) is 20.7 Å². The van der Waals surface area contributed by atoms with Gasteiger partial charge in [-0.1, -0.05) is 18.0 Å². The predicted molar refractivity (Wildman–Crippen MR) is 123 cm³/mol. The van der Waals surface area contributed by atoms with Crippen molar-refractivity contribution in [3.63, 3.8) is 0 Å². The molecule has 0 fully saturated rings. The van der Waals surface area contributed by atoms with Crippen LogP contribution in [0.1, 0.15) is 49.7 Å². The molecule has 0 spiro atoms. The highest BCUT2D eigenvalue weighted by atomic mass is 35.5. The Bertz CT molecular complexity index is 1220. The lowest BCUT2D eigenvalue weighted by molar-refractivity contribution is -0.119. The Morgan fingerprint density at radius 2 is 1.91 bits per heavy atom. The molecular formula is C22H19ClFNO5S2. The molecule has 3 aromatic rings. The largest absolute Gasteiger partial charge is 0.465 e. The van der Waals surface area contributed by atoms with Crippen LogP contribution in [0.5, 0.6) is 0 Å². The van der Waals surface area contributed by atoms with E-state index < -0.39 is 30.3 Å². The molecule has 0 saturated carbocycles. The SMILES string of the molecule is COC(=O)c1c(NC(=O)COC(=O)c2sc3cc(F)ccc3c2Cl)sc2c1CCCCC2. The Kier molecular flexibility index (Phi) is 6.78. The van der Waals surface area contributed by atoms with Crippen LogP contribution < -0.4 is 5.32 Å². The summed E-state index contributed by atoms with van der Waals surface area (Å²) < 4.78 is 24.0. The molecule has 0 unspecified atom stereocenters. The van der Waals surface area contributed by atoms with Gasteiger partial charge in [0.05, 0.1) is 17.7 Å². The molecule has 32 heavy (non-hydrogen) atoms. The quantitative estimate of drug-likeness (QED) is 0.367. The van der Waals surface area contributed by atoms with Crippen LogP contribution in [0, 0.1) is 5.82 Å². The van der Waals surface area contributed by atoms with Crippen molar-refractivity contribution in [2.45, 2.75) is 32.1 Å². The number of hydrogen-bond donors (Lipinski definition) is 1. The lowest BCUT2D eigenvalue weighted by Gasteiger charge is -2.08. The third kappa shape index (κ3) is 4.51. The number of methoxy groups -OCH3 is 1. The van der Waals surface area contributed by atoms with E-state index in [0.717, 1.165) is 53.9 Å². The Morgan fingerprint density at radius 1 is 1.12 bits per heavy atom. The summed E-state index contributed by atoms with van der Waals surface area (Å²) in [4.78, 5) is 38.5. The highest BCUT2D eigenvalue weighted by molar-refractivity contribution is 7.21. The molecule has 0 radical (unpaired) electrons. The molecule has 2 aromatic heterocycles. The number of rotatable bonds is 5. The van der Waals surface area contributed by atoms with Gasteiger partial charge < -0.3 is 14.8 Å². The minimum Gasteiger partial charge on any atom is -0.465 e. The number of fused-ring (bicyclic) bond motifs is 2. The van der Waals surface area contributed by atoms with Crippen molar-refractivity contribution in [1.82, 2.24) is 0 Å². The molecule has 4 rings (SSSR count). The number of amides is 1. The smallest absolute Gasteiger partial charge is 0.350 e. The lowest BCUT2D eigenvalue weighted by atomic mass is 10.1.